The quantitative estimate of drug-likeness (QED) is 0.873. The molecule has 1 heterocycles. The van der Waals surface area contributed by atoms with E-state index in [4.69, 9.17) is 22.9 Å². The molecule has 0 saturated heterocycles. The third-order valence-electron chi connectivity index (χ3n) is 4.18. The van der Waals surface area contributed by atoms with E-state index in [1.54, 1.807) is 0 Å². The number of nitrogens with zero attached hydrogens (tertiary/aromatic N) is 2. The highest BCUT2D eigenvalue weighted by molar-refractivity contribution is 7.80. The van der Waals surface area contributed by atoms with Crippen molar-refractivity contribution >= 4 is 28.2 Å². The normalized spacial score (nSPS) is 15.7. The van der Waals surface area contributed by atoms with Gasteiger partial charge in [0, 0.05) is 5.92 Å². The van der Waals surface area contributed by atoms with Crippen LogP contribution < -0.4 is 5.73 Å². The maximum atomic E-state index is 5.75. The van der Waals surface area contributed by atoms with Crippen LogP contribution in [0.15, 0.2) is 12.1 Å². The number of nitrogens with two attached hydrogens (primary N) is 1. The molecule has 0 unspecified atom stereocenters. The van der Waals surface area contributed by atoms with Crippen LogP contribution in [0.4, 0.5) is 0 Å². The van der Waals surface area contributed by atoms with Crippen LogP contribution in [-0.4, -0.2) is 14.5 Å². The molecule has 2 N–H and O–H groups in total. The predicted octanol–water partition coefficient (Wildman–Crippen LogP) is 3.21. The zero-order valence-corrected chi connectivity index (χ0v) is 12.3. The summed E-state index contributed by atoms with van der Waals surface area (Å²) < 4.78 is 2.22. The summed E-state index contributed by atoms with van der Waals surface area (Å²) in [5.41, 5.74) is 10.6. The number of benzene rings is 1. The SMILES string of the molecule is Cc1cc2nc(C3CCC3)n(CC(N)=S)c2cc1C. The molecule has 100 valence electrons. The first-order valence-electron chi connectivity index (χ1n) is 6.82. The number of imidazole rings is 1. The molecule has 2 aromatic rings. The molecular weight excluding hydrogens is 254 g/mol. The predicted molar refractivity (Wildman–Crippen MR) is 82.6 cm³/mol. The lowest BCUT2D eigenvalue weighted by Gasteiger charge is -2.25. The second kappa shape index (κ2) is 4.60. The van der Waals surface area contributed by atoms with Crippen LogP contribution in [-0.2, 0) is 6.54 Å². The van der Waals surface area contributed by atoms with Gasteiger partial charge in [0.2, 0.25) is 0 Å². The molecule has 0 amide bonds. The Morgan fingerprint density at radius 2 is 2.05 bits per heavy atom. The number of hydrogen-bond donors (Lipinski definition) is 1. The molecule has 0 atom stereocenters. The van der Waals surface area contributed by atoms with E-state index in [1.165, 1.54) is 36.2 Å². The third kappa shape index (κ3) is 2.14. The van der Waals surface area contributed by atoms with Crippen molar-refractivity contribution in [2.45, 2.75) is 45.6 Å². The Hall–Kier alpha value is -1.42. The molecule has 0 bridgehead atoms. The summed E-state index contributed by atoms with van der Waals surface area (Å²) in [6, 6.07) is 4.38. The molecule has 19 heavy (non-hydrogen) atoms. The third-order valence-corrected chi connectivity index (χ3v) is 4.31. The molecule has 4 heteroatoms. The van der Waals surface area contributed by atoms with E-state index < -0.39 is 0 Å². The Bertz CT molecular complexity index is 653. The van der Waals surface area contributed by atoms with Crippen molar-refractivity contribution in [2.24, 2.45) is 5.73 Å². The minimum Gasteiger partial charge on any atom is -0.392 e. The lowest BCUT2D eigenvalue weighted by Crippen LogP contribution is -2.21. The zero-order valence-electron chi connectivity index (χ0n) is 11.4. The second-order valence-electron chi connectivity index (χ2n) is 5.58. The van der Waals surface area contributed by atoms with Crippen molar-refractivity contribution in [1.82, 2.24) is 9.55 Å². The van der Waals surface area contributed by atoms with E-state index in [9.17, 15) is 0 Å². The lowest BCUT2D eigenvalue weighted by molar-refractivity contribution is 0.393. The van der Waals surface area contributed by atoms with Crippen molar-refractivity contribution in [3.05, 3.63) is 29.1 Å². The highest BCUT2D eigenvalue weighted by Crippen LogP contribution is 2.37. The Kier molecular flexibility index (Phi) is 3.05. The van der Waals surface area contributed by atoms with Crippen molar-refractivity contribution < 1.29 is 0 Å². The second-order valence-corrected chi connectivity index (χ2v) is 6.10. The topological polar surface area (TPSA) is 43.8 Å². The van der Waals surface area contributed by atoms with Gasteiger partial charge in [-0.15, -0.1) is 0 Å². The standard InChI is InChI=1S/C15H19N3S/c1-9-6-12-13(7-10(9)2)18(8-14(16)19)15(17-12)11-4-3-5-11/h6-7,11H,3-5,8H2,1-2H3,(H2,16,19). The van der Waals surface area contributed by atoms with Gasteiger partial charge in [-0.1, -0.05) is 18.6 Å². The summed E-state index contributed by atoms with van der Waals surface area (Å²) in [6.07, 6.45) is 3.77. The van der Waals surface area contributed by atoms with Gasteiger partial charge in [0.25, 0.3) is 0 Å². The van der Waals surface area contributed by atoms with Crippen LogP contribution in [0.3, 0.4) is 0 Å². The first-order chi connectivity index (χ1) is 9.06. The van der Waals surface area contributed by atoms with Crippen molar-refractivity contribution in [2.75, 3.05) is 0 Å². The summed E-state index contributed by atoms with van der Waals surface area (Å²) in [7, 11) is 0. The monoisotopic (exact) mass is 273 g/mol. The van der Waals surface area contributed by atoms with E-state index >= 15 is 0 Å². The Labute approximate surface area is 118 Å². The minimum absolute atomic E-state index is 0.526. The van der Waals surface area contributed by atoms with Crippen molar-refractivity contribution in [3.63, 3.8) is 0 Å². The molecule has 0 radical (unpaired) electrons. The fraction of sp³-hybridized carbons (Fsp3) is 0.467. The van der Waals surface area contributed by atoms with Gasteiger partial charge in [-0.25, -0.2) is 4.98 Å². The number of fused-ring (bicyclic) bond motifs is 1. The van der Waals surface area contributed by atoms with Gasteiger partial charge in [-0.2, -0.15) is 0 Å². The van der Waals surface area contributed by atoms with Crippen LogP contribution >= 0.6 is 12.2 Å². The Morgan fingerprint density at radius 1 is 1.37 bits per heavy atom. The first-order valence-corrected chi connectivity index (χ1v) is 7.23. The van der Waals surface area contributed by atoms with Gasteiger partial charge in [0.1, 0.15) is 5.82 Å². The lowest BCUT2D eigenvalue weighted by atomic mass is 9.85. The van der Waals surface area contributed by atoms with Crippen LogP contribution in [0.1, 0.15) is 42.1 Å². The summed E-state index contributed by atoms with van der Waals surface area (Å²) in [5, 5.41) is 0. The summed E-state index contributed by atoms with van der Waals surface area (Å²) in [5.74, 6) is 1.75. The summed E-state index contributed by atoms with van der Waals surface area (Å²) >= 11 is 5.09. The van der Waals surface area contributed by atoms with Crippen LogP contribution in [0.25, 0.3) is 11.0 Å². The molecule has 1 aromatic heterocycles. The van der Waals surface area contributed by atoms with Crippen molar-refractivity contribution in [3.8, 4) is 0 Å². The average Bonchev–Trinajstić information content (AvgIpc) is 2.55. The molecule has 1 aliphatic rings. The van der Waals surface area contributed by atoms with E-state index in [0.717, 1.165) is 11.0 Å². The molecule has 0 aliphatic heterocycles. The molecular formula is C15H19N3S. The smallest absolute Gasteiger partial charge is 0.113 e. The maximum absolute atomic E-state index is 5.75. The number of aryl methyl sites for hydroxylation is 2. The molecule has 1 saturated carbocycles. The fourth-order valence-corrected chi connectivity index (χ4v) is 2.83. The molecule has 0 spiro atoms. The fourth-order valence-electron chi connectivity index (χ4n) is 2.70. The number of rotatable bonds is 3. The molecule has 3 rings (SSSR count). The molecule has 1 aromatic carbocycles. The summed E-state index contributed by atoms with van der Waals surface area (Å²) in [6.45, 7) is 4.86. The number of aromatic nitrogens is 2. The van der Waals surface area contributed by atoms with Gasteiger partial charge in [-0.3, -0.25) is 0 Å². The Morgan fingerprint density at radius 3 is 2.63 bits per heavy atom. The van der Waals surface area contributed by atoms with Gasteiger partial charge in [0.15, 0.2) is 0 Å². The highest BCUT2D eigenvalue weighted by atomic mass is 32.1. The van der Waals surface area contributed by atoms with E-state index in [-0.39, 0.29) is 0 Å². The van der Waals surface area contributed by atoms with Gasteiger partial charge in [-0.05, 0) is 49.9 Å². The largest absolute Gasteiger partial charge is 0.392 e. The molecule has 3 nitrogen and oxygen atoms in total. The van der Waals surface area contributed by atoms with Gasteiger partial charge >= 0.3 is 0 Å². The first kappa shape index (κ1) is 12.6. The molecule has 1 aliphatic carbocycles. The van der Waals surface area contributed by atoms with Crippen LogP contribution in [0, 0.1) is 13.8 Å². The zero-order chi connectivity index (χ0) is 13.6. The number of thiocarbonyl (C=S) groups is 1. The Balaban J connectivity index is 2.19. The summed E-state index contributed by atoms with van der Waals surface area (Å²) in [4.78, 5) is 5.36. The highest BCUT2D eigenvalue weighted by Gasteiger charge is 2.26. The molecule has 1 fully saturated rings. The van der Waals surface area contributed by atoms with Gasteiger partial charge in [0.05, 0.1) is 22.6 Å². The number of hydrogen-bond acceptors (Lipinski definition) is 2. The van der Waals surface area contributed by atoms with E-state index in [0.29, 0.717) is 17.5 Å². The minimum atomic E-state index is 0.526. The van der Waals surface area contributed by atoms with Crippen molar-refractivity contribution in [1.29, 1.82) is 0 Å². The van der Waals surface area contributed by atoms with E-state index in [1.807, 2.05) is 0 Å². The van der Waals surface area contributed by atoms with E-state index in [2.05, 4.69) is 30.5 Å². The van der Waals surface area contributed by atoms with Gasteiger partial charge < -0.3 is 10.3 Å². The van der Waals surface area contributed by atoms with Crippen LogP contribution in [0.2, 0.25) is 0 Å². The van der Waals surface area contributed by atoms with Crippen LogP contribution in [0.5, 0.6) is 0 Å². The average molecular weight is 273 g/mol. The maximum Gasteiger partial charge on any atom is 0.113 e.